The Hall–Kier alpha value is -0.160. The van der Waals surface area contributed by atoms with E-state index >= 15 is 0 Å². The Kier molecular flexibility index (Phi) is 7.88. The molecule has 0 radical (unpaired) electrons. The van der Waals surface area contributed by atoms with E-state index in [4.69, 9.17) is 9.47 Å². The smallest absolute Gasteiger partial charge is 0.157 e. The molecule has 0 saturated carbocycles. The Balaban J connectivity index is 1.57. The van der Waals surface area contributed by atoms with Crippen LogP contribution in [0, 0.1) is 0 Å². The third-order valence-electron chi connectivity index (χ3n) is 4.36. The fraction of sp³-hybridized carbons (Fsp3) is 1.00. The molecule has 2 unspecified atom stereocenters. The minimum Gasteiger partial charge on any atom is -0.350 e. The van der Waals surface area contributed by atoms with Crippen LogP contribution >= 0.6 is 0 Å². The molecule has 2 atom stereocenters. The second kappa shape index (κ2) is 9.72. The fourth-order valence-electron chi connectivity index (χ4n) is 3.27. The van der Waals surface area contributed by atoms with E-state index in [1.165, 1.54) is 45.1 Å². The van der Waals surface area contributed by atoms with Crippen LogP contribution in [0.1, 0.15) is 58.3 Å². The van der Waals surface area contributed by atoms with Crippen LogP contribution in [0.25, 0.3) is 0 Å². The van der Waals surface area contributed by atoms with Crippen LogP contribution in [0.15, 0.2) is 0 Å². The minimum atomic E-state index is 0.0569. The molecule has 4 nitrogen and oxygen atoms in total. The van der Waals surface area contributed by atoms with Crippen molar-refractivity contribution in [1.29, 1.82) is 0 Å². The maximum Gasteiger partial charge on any atom is 0.157 e. The van der Waals surface area contributed by atoms with Gasteiger partial charge in [0.15, 0.2) is 6.29 Å². The third kappa shape index (κ3) is 6.08. The van der Waals surface area contributed by atoms with Crippen molar-refractivity contribution < 1.29 is 9.47 Å². The summed E-state index contributed by atoms with van der Waals surface area (Å²) < 4.78 is 10.9. The maximum absolute atomic E-state index is 5.47. The van der Waals surface area contributed by atoms with Gasteiger partial charge in [0.25, 0.3) is 0 Å². The van der Waals surface area contributed by atoms with Crippen molar-refractivity contribution >= 4 is 0 Å². The van der Waals surface area contributed by atoms with Crippen LogP contribution in [-0.2, 0) is 9.47 Å². The molecule has 0 aromatic rings. The highest BCUT2D eigenvalue weighted by molar-refractivity contribution is 4.79. The Labute approximate surface area is 124 Å². The van der Waals surface area contributed by atoms with E-state index in [2.05, 4.69) is 17.6 Å². The summed E-state index contributed by atoms with van der Waals surface area (Å²) in [7, 11) is 0. The third-order valence-corrected chi connectivity index (χ3v) is 4.36. The fourth-order valence-corrected chi connectivity index (χ4v) is 3.27. The first-order chi connectivity index (χ1) is 9.88. The summed E-state index contributed by atoms with van der Waals surface area (Å²) in [6.45, 7) is 6.11. The summed E-state index contributed by atoms with van der Waals surface area (Å²) in [5, 5.41) is 7.40. The molecule has 2 aliphatic heterocycles. The zero-order valence-corrected chi connectivity index (χ0v) is 13.0. The molecule has 0 amide bonds. The van der Waals surface area contributed by atoms with Gasteiger partial charge in [-0.25, -0.2) is 0 Å². The van der Waals surface area contributed by atoms with E-state index in [0.29, 0.717) is 6.04 Å². The van der Waals surface area contributed by atoms with Gasteiger partial charge >= 0.3 is 0 Å². The van der Waals surface area contributed by atoms with Crippen LogP contribution in [0.2, 0.25) is 0 Å². The highest BCUT2D eigenvalue weighted by Crippen LogP contribution is 2.15. The summed E-state index contributed by atoms with van der Waals surface area (Å²) in [5.74, 6) is 0. The lowest BCUT2D eigenvalue weighted by Gasteiger charge is -2.28. The average Bonchev–Trinajstić information content (AvgIpc) is 2.98. The number of ether oxygens (including phenoxy) is 2. The lowest BCUT2D eigenvalue weighted by Crippen LogP contribution is -2.41. The van der Waals surface area contributed by atoms with Crippen LogP contribution in [-0.4, -0.2) is 44.7 Å². The van der Waals surface area contributed by atoms with Crippen molar-refractivity contribution in [3.63, 3.8) is 0 Å². The van der Waals surface area contributed by atoms with Gasteiger partial charge in [-0.15, -0.1) is 0 Å². The van der Waals surface area contributed by atoms with Gasteiger partial charge in [-0.2, -0.15) is 0 Å². The average molecular weight is 284 g/mol. The van der Waals surface area contributed by atoms with Gasteiger partial charge in [0.1, 0.15) is 0 Å². The molecule has 2 heterocycles. The van der Waals surface area contributed by atoms with Crippen molar-refractivity contribution in [2.75, 3.05) is 26.3 Å². The number of rotatable bonds is 9. The quantitative estimate of drug-likeness (QED) is 0.638. The van der Waals surface area contributed by atoms with Crippen molar-refractivity contribution in [1.82, 2.24) is 10.6 Å². The van der Waals surface area contributed by atoms with E-state index in [1.807, 2.05) is 0 Å². The zero-order valence-electron chi connectivity index (χ0n) is 13.0. The Morgan fingerprint density at radius 1 is 1.25 bits per heavy atom. The second-order valence-electron chi connectivity index (χ2n) is 6.14. The van der Waals surface area contributed by atoms with Gasteiger partial charge in [-0.3, -0.25) is 0 Å². The Bertz CT molecular complexity index is 239. The van der Waals surface area contributed by atoms with E-state index in [0.717, 1.165) is 38.6 Å². The van der Waals surface area contributed by atoms with Crippen molar-refractivity contribution in [3.05, 3.63) is 0 Å². The molecular formula is C16H32N2O2. The van der Waals surface area contributed by atoms with Crippen molar-refractivity contribution in [3.8, 4) is 0 Å². The molecule has 0 bridgehead atoms. The van der Waals surface area contributed by atoms with E-state index in [1.54, 1.807) is 0 Å². The van der Waals surface area contributed by atoms with Gasteiger partial charge in [-0.1, -0.05) is 19.8 Å². The molecule has 0 spiro atoms. The zero-order chi connectivity index (χ0) is 14.0. The molecule has 2 aliphatic rings. The molecule has 20 heavy (non-hydrogen) atoms. The molecule has 2 rings (SSSR count). The first-order valence-electron chi connectivity index (χ1n) is 8.58. The first-order valence-corrected chi connectivity index (χ1v) is 8.58. The summed E-state index contributed by atoms with van der Waals surface area (Å²) in [5.41, 5.74) is 0. The summed E-state index contributed by atoms with van der Waals surface area (Å²) in [6, 6.07) is 1.40. The first kappa shape index (κ1) is 16.2. The summed E-state index contributed by atoms with van der Waals surface area (Å²) in [4.78, 5) is 0. The summed E-state index contributed by atoms with van der Waals surface area (Å²) in [6.07, 6.45) is 10.2. The molecule has 2 saturated heterocycles. The summed E-state index contributed by atoms with van der Waals surface area (Å²) >= 11 is 0. The normalized spacial score (nSPS) is 25.9. The number of piperidine rings is 1. The highest BCUT2D eigenvalue weighted by Gasteiger charge is 2.18. The second-order valence-corrected chi connectivity index (χ2v) is 6.14. The molecule has 0 aliphatic carbocycles. The molecule has 4 heteroatoms. The minimum absolute atomic E-state index is 0.0569. The van der Waals surface area contributed by atoms with Crippen molar-refractivity contribution in [2.45, 2.75) is 76.7 Å². The van der Waals surface area contributed by atoms with Crippen LogP contribution in [0.4, 0.5) is 0 Å². The van der Waals surface area contributed by atoms with E-state index in [-0.39, 0.29) is 6.29 Å². The van der Waals surface area contributed by atoms with Gasteiger partial charge < -0.3 is 20.1 Å². The monoisotopic (exact) mass is 284 g/mol. The largest absolute Gasteiger partial charge is 0.350 e. The van der Waals surface area contributed by atoms with Gasteiger partial charge in [-0.05, 0) is 51.6 Å². The lowest BCUT2D eigenvalue weighted by molar-refractivity contribution is -0.0476. The predicted octanol–water partition coefficient (Wildman–Crippen LogP) is 2.43. The SMILES string of the molecule is CCCC(CC1CCCCN1)NCCCC1OCCO1. The van der Waals surface area contributed by atoms with Crippen LogP contribution in [0.3, 0.4) is 0 Å². The van der Waals surface area contributed by atoms with Gasteiger partial charge in [0.05, 0.1) is 13.2 Å². The molecule has 118 valence electrons. The van der Waals surface area contributed by atoms with E-state index < -0.39 is 0 Å². The lowest BCUT2D eigenvalue weighted by atomic mass is 9.96. The topological polar surface area (TPSA) is 42.5 Å². The number of nitrogens with one attached hydrogen (secondary N) is 2. The standard InChI is InChI=1S/C16H32N2O2/c1-2-6-14(13-15-7-3-4-9-17-15)18-10-5-8-16-19-11-12-20-16/h14-18H,2-13H2,1H3. The Morgan fingerprint density at radius 3 is 2.80 bits per heavy atom. The highest BCUT2D eigenvalue weighted by atomic mass is 16.7. The molecule has 2 N–H and O–H groups in total. The van der Waals surface area contributed by atoms with Gasteiger partial charge in [0.2, 0.25) is 0 Å². The van der Waals surface area contributed by atoms with E-state index in [9.17, 15) is 0 Å². The van der Waals surface area contributed by atoms with Crippen LogP contribution in [0.5, 0.6) is 0 Å². The molecule has 2 fully saturated rings. The maximum atomic E-state index is 5.47. The van der Waals surface area contributed by atoms with Crippen molar-refractivity contribution in [2.24, 2.45) is 0 Å². The molecule has 0 aromatic carbocycles. The number of hydrogen-bond donors (Lipinski definition) is 2. The van der Waals surface area contributed by atoms with Crippen LogP contribution < -0.4 is 10.6 Å². The number of hydrogen-bond acceptors (Lipinski definition) is 4. The molecule has 0 aromatic heterocycles. The predicted molar refractivity (Wildman–Crippen MR) is 81.9 cm³/mol. The Morgan fingerprint density at radius 2 is 2.10 bits per heavy atom. The van der Waals surface area contributed by atoms with Gasteiger partial charge in [0, 0.05) is 12.1 Å². The molecular weight excluding hydrogens is 252 g/mol.